The topological polar surface area (TPSA) is 46.3 Å². The number of nitrogens with zero attached hydrogens (tertiary/aromatic N) is 1. The van der Waals surface area contributed by atoms with Crippen LogP contribution in [0.25, 0.3) is 0 Å². The molecule has 1 aliphatic heterocycles. The Morgan fingerprint density at radius 1 is 1.42 bits per heavy atom. The first-order chi connectivity index (χ1) is 9.22. The number of rotatable bonds is 3. The fourth-order valence-corrected chi connectivity index (χ4v) is 3.99. The van der Waals surface area contributed by atoms with Gasteiger partial charge >= 0.3 is 0 Å². The third-order valence-electron chi connectivity index (χ3n) is 4.71. The van der Waals surface area contributed by atoms with Crippen LogP contribution in [0.2, 0.25) is 0 Å². The molecule has 2 aliphatic rings. The van der Waals surface area contributed by atoms with Crippen molar-refractivity contribution >= 4 is 5.91 Å². The molecule has 3 rings (SSSR count). The van der Waals surface area contributed by atoms with Gasteiger partial charge < -0.3 is 5.73 Å². The average molecular weight is 258 g/mol. The van der Waals surface area contributed by atoms with Crippen LogP contribution in [0, 0.1) is 0 Å². The first kappa shape index (κ1) is 12.7. The lowest BCUT2D eigenvalue weighted by Gasteiger charge is -2.34. The largest absolute Gasteiger partial charge is 0.366 e. The Labute approximate surface area is 114 Å². The van der Waals surface area contributed by atoms with E-state index >= 15 is 0 Å². The molecule has 1 amide bonds. The van der Waals surface area contributed by atoms with E-state index in [-0.39, 0.29) is 5.91 Å². The van der Waals surface area contributed by atoms with E-state index in [1.54, 1.807) is 0 Å². The number of primary amides is 1. The number of carbonyl (C=O) groups is 1. The van der Waals surface area contributed by atoms with Crippen LogP contribution in [0.3, 0.4) is 0 Å². The summed E-state index contributed by atoms with van der Waals surface area (Å²) in [5, 5.41) is 0. The van der Waals surface area contributed by atoms with Crippen LogP contribution in [0.4, 0.5) is 0 Å². The second-order valence-electron chi connectivity index (χ2n) is 5.78. The zero-order valence-corrected chi connectivity index (χ0v) is 11.6. The summed E-state index contributed by atoms with van der Waals surface area (Å²) in [4.78, 5) is 14.3. The zero-order valence-electron chi connectivity index (χ0n) is 11.6. The van der Waals surface area contributed by atoms with Gasteiger partial charge in [0, 0.05) is 17.5 Å². The molecule has 0 bridgehead atoms. The monoisotopic (exact) mass is 258 g/mol. The van der Waals surface area contributed by atoms with Gasteiger partial charge in [0.1, 0.15) is 0 Å². The predicted molar refractivity (Wildman–Crippen MR) is 76.3 cm³/mol. The van der Waals surface area contributed by atoms with Gasteiger partial charge in [-0.2, -0.15) is 0 Å². The molecule has 0 saturated carbocycles. The zero-order chi connectivity index (χ0) is 13.4. The number of hydrogen-bond acceptors (Lipinski definition) is 2. The highest BCUT2D eigenvalue weighted by molar-refractivity contribution is 5.95. The molecule has 2 N–H and O–H groups in total. The average Bonchev–Trinajstić information content (AvgIpc) is 2.82. The number of hydrogen-bond donors (Lipinski definition) is 1. The van der Waals surface area contributed by atoms with Crippen molar-refractivity contribution in [3.8, 4) is 0 Å². The minimum Gasteiger partial charge on any atom is -0.366 e. The molecule has 0 unspecified atom stereocenters. The number of nitrogens with two attached hydrogens (primary N) is 1. The summed E-state index contributed by atoms with van der Waals surface area (Å²) in [6, 6.07) is 6.65. The van der Waals surface area contributed by atoms with E-state index in [4.69, 9.17) is 5.73 Å². The van der Waals surface area contributed by atoms with Crippen molar-refractivity contribution in [2.24, 2.45) is 5.73 Å². The lowest BCUT2D eigenvalue weighted by molar-refractivity contribution is 0.0998. The van der Waals surface area contributed by atoms with E-state index in [1.165, 1.54) is 36.9 Å². The van der Waals surface area contributed by atoms with Gasteiger partial charge in [0.2, 0.25) is 5.91 Å². The molecular formula is C16H22N2O. The smallest absolute Gasteiger partial charge is 0.248 e. The minimum atomic E-state index is -0.272. The Morgan fingerprint density at radius 2 is 2.26 bits per heavy atom. The van der Waals surface area contributed by atoms with Gasteiger partial charge in [-0.15, -0.1) is 0 Å². The van der Waals surface area contributed by atoms with Gasteiger partial charge in [-0.25, -0.2) is 0 Å². The number of amides is 1. The molecule has 3 heteroatoms. The van der Waals surface area contributed by atoms with Crippen LogP contribution < -0.4 is 5.73 Å². The summed E-state index contributed by atoms with van der Waals surface area (Å²) < 4.78 is 0. The highest BCUT2D eigenvalue weighted by Gasteiger charge is 2.39. The first-order valence-corrected chi connectivity index (χ1v) is 7.38. The molecule has 1 aromatic rings. The number of aryl methyl sites for hydroxylation is 1. The van der Waals surface area contributed by atoms with Crippen molar-refractivity contribution in [2.75, 3.05) is 13.1 Å². The molecule has 2 atom stereocenters. The second kappa shape index (κ2) is 4.97. The molecule has 0 radical (unpaired) electrons. The number of benzene rings is 1. The molecule has 1 fully saturated rings. The molecule has 3 nitrogen and oxygen atoms in total. The minimum absolute atomic E-state index is 0.272. The molecule has 19 heavy (non-hydrogen) atoms. The van der Waals surface area contributed by atoms with Crippen molar-refractivity contribution < 1.29 is 4.79 Å². The Bertz CT molecular complexity index is 498. The summed E-state index contributed by atoms with van der Waals surface area (Å²) >= 11 is 0. The van der Waals surface area contributed by atoms with E-state index in [0.29, 0.717) is 12.0 Å². The summed E-state index contributed by atoms with van der Waals surface area (Å²) in [5.74, 6) is 0.241. The second-order valence-corrected chi connectivity index (χ2v) is 5.78. The molecule has 0 spiro atoms. The van der Waals surface area contributed by atoms with Crippen molar-refractivity contribution in [2.45, 2.75) is 44.6 Å². The summed E-state index contributed by atoms with van der Waals surface area (Å²) in [6.45, 7) is 4.57. The van der Waals surface area contributed by atoms with E-state index in [1.807, 2.05) is 12.1 Å². The van der Waals surface area contributed by atoms with Gasteiger partial charge in [-0.1, -0.05) is 19.1 Å². The van der Waals surface area contributed by atoms with Crippen LogP contribution >= 0.6 is 0 Å². The number of carbonyl (C=O) groups excluding carboxylic acids is 1. The molecular weight excluding hydrogens is 236 g/mol. The van der Waals surface area contributed by atoms with E-state index in [0.717, 1.165) is 18.5 Å². The highest BCUT2D eigenvalue weighted by atomic mass is 16.1. The maximum absolute atomic E-state index is 11.7. The number of likely N-dealkylation sites (tertiary alicyclic amines) is 1. The Kier molecular flexibility index (Phi) is 3.31. The van der Waals surface area contributed by atoms with Crippen LogP contribution in [0.1, 0.15) is 53.6 Å². The van der Waals surface area contributed by atoms with E-state index in [9.17, 15) is 4.79 Å². The Balaban J connectivity index is 1.99. The van der Waals surface area contributed by atoms with Gasteiger partial charge in [-0.05, 0) is 56.0 Å². The lowest BCUT2D eigenvalue weighted by atomic mass is 9.77. The third kappa shape index (κ3) is 2.06. The summed E-state index contributed by atoms with van der Waals surface area (Å²) in [7, 11) is 0. The maximum Gasteiger partial charge on any atom is 0.248 e. The molecule has 102 valence electrons. The van der Waals surface area contributed by atoms with Crippen LogP contribution in [0.15, 0.2) is 18.2 Å². The fraction of sp³-hybridized carbons (Fsp3) is 0.562. The van der Waals surface area contributed by atoms with Crippen molar-refractivity contribution in [1.82, 2.24) is 4.90 Å². The quantitative estimate of drug-likeness (QED) is 0.904. The Morgan fingerprint density at radius 3 is 3.00 bits per heavy atom. The lowest BCUT2D eigenvalue weighted by Crippen LogP contribution is -2.36. The fourth-order valence-electron chi connectivity index (χ4n) is 3.99. The molecule has 0 aromatic heterocycles. The van der Waals surface area contributed by atoms with Crippen LogP contribution in [0.5, 0.6) is 0 Å². The van der Waals surface area contributed by atoms with Gasteiger partial charge in [-0.3, -0.25) is 9.69 Å². The summed E-state index contributed by atoms with van der Waals surface area (Å²) in [6.07, 6.45) is 4.67. The van der Waals surface area contributed by atoms with Crippen LogP contribution in [-0.4, -0.2) is 29.9 Å². The molecule has 1 saturated heterocycles. The first-order valence-electron chi connectivity index (χ1n) is 7.38. The normalized spacial score (nSPS) is 25.9. The highest BCUT2D eigenvalue weighted by Crippen LogP contribution is 2.42. The third-order valence-corrected chi connectivity index (χ3v) is 4.71. The predicted octanol–water partition coefficient (Wildman–Crippen LogP) is 2.30. The number of fused-ring (bicyclic) bond motifs is 3. The van der Waals surface area contributed by atoms with Gasteiger partial charge in [0.15, 0.2) is 0 Å². The van der Waals surface area contributed by atoms with Crippen LogP contribution in [-0.2, 0) is 6.42 Å². The summed E-state index contributed by atoms with van der Waals surface area (Å²) in [5.41, 5.74) is 8.91. The SMILES string of the molecule is CCCN1CC[C@@H]2c3c(cccc3C(N)=O)CC[C@@H]21. The standard InChI is InChI=1S/C16H22N2O/c1-2-9-18-10-8-12-14(18)7-6-11-4-3-5-13(15(11)12)16(17)19/h3-5,12,14H,2,6-10H2,1H3,(H2,17,19)/t12-,14-/m0/s1. The molecule has 1 heterocycles. The van der Waals surface area contributed by atoms with Crippen molar-refractivity contribution in [3.63, 3.8) is 0 Å². The van der Waals surface area contributed by atoms with E-state index < -0.39 is 0 Å². The van der Waals surface area contributed by atoms with Crippen molar-refractivity contribution in [1.29, 1.82) is 0 Å². The van der Waals surface area contributed by atoms with Gasteiger partial charge in [0.05, 0.1) is 0 Å². The Hall–Kier alpha value is -1.35. The molecule has 1 aromatic carbocycles. The van der Waals surface area contributed by atoms with Gasteiger partial charge in [0.25, 0.3) is 0 Å². The van der Waals surface area contributed by atoms with E-state index in [2.05, 4.69) is 17.9 Å². The molecule has 1 aliphatic carbocycles. The maximum atomic E-state index is 11.7. The van der Waals surface area contributed by atoms with Crippen molar-refractivity contribution in [3.05, 3.63) is 34.9 Å².